The van der Waals surface area contributed by atoms with Gasteiger partial charge in [-0.1, -0.05) is 43.4 Å². The van der Waals surface area contributed by atoms with E-state index in [9.17, 15) is 0 Å². The summed E-state index contributed by atoms with van der Waals surface area (Å²) in [6.45, 7) is 2.27. The van der Waals surface area contributed by atoms with Gasteiger partial charge >= 0.3 is 0 Å². The van der Waals surface area contributed by atoms with E-state index in [4.69, 9.17) is 4.74 Å². The smallest absolute Gasteiger partial charge is 0.118 e. The van der Waals surface area contributed by atoms with Crippen LogP contribution in [0.5, 0.6) is 5.75 Å². The van der Waals surface area contributed by atoms with Gasteiger partial charge in [0.05, 0.1) is 7.11 Å². The topological polar surface area (TPSA) is 9.23 Å². The summed E-state index contributed by atoms with van der Waals surface area (Å²) < 4.78 is 5.16. The summed E-state index contributed by atoms with van der Waals surface area (Å²) in [6, 6.07) is 8.36. The third kappa shape index (κ3) is 2.54. The maximum Gasteiger partial charge on any atom is 0.118 e. The summed E-state index contributed by atoms with van der Waals surface area (Å²) in [5.74, 6) is 2.18. The largest absolute Gasteiger partial charge is 0.497 e. The molecular weight excluding hydrogens is 196 g/mol. The van der Waals surface area contributed by atoms with Crippen molar-refractivity contribution in [3.8, 4) is 5.75 Å². The molecule has 0 spiro atoms. The molecule has 1 nitrogen and oxygen atoms in total. The van der Waals surface area contributed by atoms with Gasteiger partial charge in [-0.05, 0) is 36.0 Å². The van der Waals surface area contributed by atoms with Crippen LogP contribution in [0.3, 0.4) is 0 Å². The lowest BCUT2D eigenvalue weighted by atomic mass is 9.85. The molecule has 0 N–H and O–H groups in total. The van der Waals surface area contributed by atoms with Gasteiger partial charge in [-0.15, -0.1) is 0 Å². The molecule has 0 fully saturated rings. The number of benzene rings is 1. The van der Waals surface area contributed by atoms with Crippen molar-refractivity contribution >= 4 is 0 Å². The van der Waals surface area contributed by atoms with Crippen LogP contribution in [0.1, 0.15) is 12.5 Å². The zero-order valence-electron chi connectivity index (χ0n) is 9.89. The standard InChI is InChI=1S/C15H18O/c1-12-5-3-4-6-14(12)11-13-7-9-15(16-2)10-8-13/h3-10,12,14H,11H2,1-2H3. The van der Waals surface area contributed by atoms with E-state index in [2.05, 4.69) is 43.4 Å². The van der Waals surface area contributed by atoms with Crippen molar-refractivity contribution in [1.82, 2.24) is 0 Å². The molecule has 0 aromatic heterocycles. The molecule has 2 unspecified atom stereocenters. The maximum atomic E-state index is 5.16. The van der Waals surface area contributed by atoms with Gasteiger partial charge in [0.25, 0.3) is 0 Å². The Morgan fingerprint density at radius 1 is 1.06 bits per heavy atom. The molecule has 0 heterocycles. The molecule has 0 saturated carbocycles. The van der Waals surface area contributed by atoms with Crippen LogP contribution < -0.4 is 4.74 Å². The molecular formula is C15H18O. The molecule has 0 saturated heterocycles. The average molecular weight is 214 g/mol. The molecule has 0 aliphatic heterocycles. The quantitative estimate of drug-likeness (QED) is 0.746. The zero-order chi connectivity index (χ0) is 11.4. The van der Waals surface area contributed by atoms with Gasteiger partial charge < -0.3 is 4.74 Å². The molecule has 0 radical (unpaired) electrons. The lowest BCUT2D eigenvalue weighted by Gasteiger charge is -2.20. The number of hydrogen-bond acceptors (Lipinski definition) is 1. The van der Waals surface area contributed by atoms with Crippen LogP contribution in [0.2, 0.25) is 0 Å². The Labute approximate surface area is 97.4 Å². The van der Waals surface area contributed by atoms with Crippen molar-refractivity contribution in [3.05, 3.63) is 54.1 Å². The van der Waals surface area contributed by atoms with E-state index in [0.717, 1.165) is 12.2 Å². The summed E-state index contributed by atoms with van der Waals surface area (Å²) in [5.41, 5.74) is 1.37. The highest BCUT2D eigenvalue weighted by Crippen LogP contribution is 2.24. The van der Waals surface area contributed by atoms with E-state index in [1.807, 2.05) is 12.1 Å². The van der Waals surface area contributed by atoms with Gasteiger partial charge in [0.1, 0.15) is 5.75 Å². The highest BCUT2D eigenvalue weighted by Gasteiger charge is 2.14. The summed E-state index contributed by atoms with van der Waals surface area (Å²) in [7, 11) is 1.70. The van der Waals surface area contributed by atoms with Gasteiger partial charge in [-0.2, -0.15) is 0 Å². The van der Waals surface area contributed by atoms with Gasteiger partial charge in [-0.25, -0.2) is 0 Å². The Morgan fingerprint density at radius 2 is 1.75 bits per heavy atom. The van der Waals surface area contributed by atoms with Crippen LogP contribution in [-0.2, 0) is 6.42 Å². The van der Waals surface area contributed by atoms with E-state index in [-0.39, 0.29) is 0 Å². The average Bonchev–Trinajstić information content (AvgIpc) is 2.33. The van der Waals surface area contributed by atoms with Crippen molar-refractivity contribution in [2.45, 2.75) is 13.3 Å². The van der Waals surface area contributed by atoms with E-state index < -0.39 is 0 Å². The van der Waals surface area contributed by atoms with E-state index >= 15 is 0 Å². The van der Waals surface area contributed by atoms with Crippen LogP contribution in [0.15, 0.2) is 48.6 Å². The zero-order valence-corrected chi connectivity index (χ0v) is 9.89. The first-order valence-electron chi connectivity index (χ1n) is 5.77. The SMILES string of the molecule is COc1ccc(CC2C=CC=CC2C)cc1. The van der Waals surface area contributed by atoms with Crippen molar-refractivity contribution in [2.75, 3.05) is 7.11 Å². The lowest BCUT2D eigenvalue weighted by molar-refractivity contribution is 0.414. The molecule has 1 aliphatic carbocycles. The molecule has 84 valence electrons. The van der Waals surface area contributed by atoms with E-state index in [0.29, 0.717) is 11.8 Å². The summed E-state index contributed by atoms with van der Waals surface area (Å²) in [6.07, 6.45) is 9.96. The van der Waals surface area contributed by atoms with Gasteiger partial charge in [0.2, 0.25) is 0 Å². The van der Waals surface area contributed by atoms with Crippen LogP contribution in [0.25, 0.3) is 0 Å². The first-order valence-corrected chi connectivity index (χ1v) is 5.77. The Balaban J connectivity index is 2.03. The summed E-state index contributed by atoms with van der Waals surface area (Å²) in [5, 5.41) is 0. The number of hydrogen-bond donors (Lipinski definition) is 0. The van der Waals surface area contributed by atoms with Crippen molar-refractivity contribution in [3.63, 3.8) is 0 Å². The molecule has 1 aromatic carbocycles. The monoisotopic (exact) mass is 214 g/mol. The fourth-order valence-electron chi connectivity index (χ4n) is 2.05. The van der Waals surface area contributed by atoms with Crippen molar-refractivity contribution in [2.24, 2.45) is 11.8 Å². The molecule has 1 aliphatic rings. The van der Waals surface area contributed by atoms with Crippen LogP contribution in [0.4, 0.5) is 0 Å². The Kier molecular flexibility index (Phi) is 3.45. The number of ether oxygens (including phenoxy) is 1. The van der Waals surface area contributed by atoms with Gasteiger partial charge in [-0.3, -0.25) is 0 Å². The van der Waals surface area contributed by atoms with Gasteiger partial charge in [0, 0.05) is 0 Å². The van der Waals surface area contributed by atoms with Crippen molar-refractivity contribution < 1.29 is 4.74 Å². The highest BCUT2D eigenvalue weighted by molar-refractivity contribution is 5.28. The molecule has 1 aromatic rings. The minimum absolute atomic E-state index is 0.624. The minimum atomic E-state index is 0.624. The first kappa shape index (κ1) is 11.0. The second kappa shape index (κ2) is 5.02. The van der Waals surface area contributed by atoms with Crippen LogP contribution >= 0.6 is 0 Å². The van der Waals surface area contributed by atoms with Crippen LogP contribution in [-0.4, -0.2) is 7.11 Å². The lowest BCUT2D eigenvalue weighted by Crippen LogP contribution is -2.12. The number of methoxy groups -OCH3 is 1. The second-order valence-corrected chi connectivity index (χ2v) is 4.34. The Hall–Kier alpha value is -1.50. The molecule has 2 atom stereocenters. The predicted octanol–water partition coefficient (Wildman–Crippen LogP) is 3.62. The fourth-order valence-corrected chi connectivity index (χ4v) is 2.05. The molecule has 2 rings (SSSR count). The number of allylic oxidation sites excluding steroid dienone is 4. The molecule has 0 bridgehead atoms. The number of rotatable bonds is 3. The summed E-state index contributed by atoms with van der Waals surface area (Å²) >= 11 is 0. The normalized spacial score (nSPS) is 23.4. The van der Waals surface area contributed by atoms with E-state index in [1.54, 1.807) is 7.11 Å². The second-order valence-electron chi connectivity index (χ2n) is 4.34. The Bertz CT molecular complexity index is 386. The maximum absolute atomic E-state index is 5.16. The summed E-state index contributed by atoms with van der Waals surface area (Å²) in [4.78, 5) is 0. The third-order valence-electron chi connectivity index (χ3n) is 3.19. The van der Waals surface area contributed by atoms with Gasteiger partial charge in [0.15, 0.2) is 0 Å². The molecule has 1 heteroatoms. The van der Waals surface area contributed by atoms with E-state index in [1.165, 1.54) is 5.56 Å². The minimum Gasteiger partial charge on any atom is -0.497 e. The van der Waals surface area contributed by atoms with Crippen molar-refractivity contribution in [1.29, 1.82) is 0 Å². The third-order valence-corrected chi connectivity index (χ3v) is 3.19. The van der Waals surface area contributed by atoms with Crippen LogP contribution in [0, 0.1) is 11.8 Å². The fraction of sp³-hybridized carbons (Fsp3) is 0.333. The predicted molar refractivity (Wildman–Crippen MR) is 67.6 cm³/mol. The molecule has 16 heavy (non-hydrogen) atoms. The first-order chi connectivity index (χ1) is 7.79. The highest BCUT2D eigenvalue weighted by atomic mass is 16.5. The molecule has 0 amide bonds. The Morgan fingerprint density at radius 3 is 2.38 bits per heavy atom.